The maximum Gasteiger partial charge on any atom is 3.00 e. The van der Waals surface area contributed by atoms with Crippen LogP contribution in [-0.2, 0) is 45.8 Å². The minimum absolute atomic E-state index is 0. The van der Waals surface area contributed by atoms with Gasteiger partial charge in [0.25, 0.3) is 0 Å². The molecule has 7 heteroatoms. The standard InChI is InChI=1S/C38H30N2O.C37H31N2O.Ir/c1-2-12-31(13-3-1)36-28-30(24-26-40-36)21-23-33-15-5-7-19-38(33)41-37-18-6-4-14-32(37)22-20-29-11-10-16-34(27-29)35-17-8-9-25-39-35;1-23(2)30-21-26(25-13-6-5-7-14-25)22-31(24(3)4)35(30)39-33-19-10-9-18-32(33)38-37(39)29-17-12-16-28-27-15-8-11-20-34(27)40-36(28)29;/h1-12,14-15,17-19,24-28H,20-23H2;5-16,18-24H,1-4H3;/q-2;-1;+3. The number of imidazole rings is 1. The summed E-state index contributed by atoms with van der Waals surface area (Å²) in [6, 6.07) is 87.4. The van der Waals surface area contributed by atoms with Gasteiger partial charge in [0.05, 0.1) is 22.4 Å². The molecule has 4 heterocycles. The van der Waals surface area contributed by atoms with Gasteiger partial charge in [0.1, 0.15) is 17.1 Å². The predicted molar refractivity (Wildman–Crippen MR) is 331 cm³/mol. The largest absolute Gasteiger partial charge is 3.00 e. The molecule has 0 fully saturated rings. The first-order valence-corrected chi connectivity index (χ1v) is 28.0. The van der Waals surface area contributed by atoms with E-state index in [9.17, 15) is 0 Å². The molecule has 0 aliphatic heterocycles. The Kier molecular flexibility index (Phi) is 16.9. The second-order valence-corrected chi connectivity index (χ2v) is 21.1. The molecule has 0 amide bonds. The van der Waals surface area contributed by atoms with Crippen molar-refractivity contribution in [1.82, 2.24) is 19.5 Å². The molecule has 0 aliphatic rings. The van der Waals surface area contributed by atoms with Crippen LogP contribution in [0.2, 0.25) is 0 Å². The van der Waals surface area contributed by atoms with Crippen molar-refractivity contribution in [2.24, 2.45) is 0 Å². The van der Waals surface area contributed by atoms with E-state index in [2.05, 4.69) is 206 Å². The number of rotatable bonds is 15. The first kappa shape index (κ1) is 54.9. The van der Waals surface area contributed by atoms with E-state index in [1.54, 1.807) is 0 Å². The molecule has 0 unspecified atom stereocenters. The van der Waals surface area contributed by atoms with Crippen LogP contribution in [0.1, 0.15) is 72.9 Å². The number of para-hydroxylation sites is 5. The van der Waals surface area contributed by atoms with Crippen molar-refractivity contribution < 1.29 is 29.3 Å². The van der Waals surface area contributed by atoms with Crippen LogP contribution in [0.3, 0.4) is 0 Å². The molecular formula is C75H61IrN4O2. The molecule has 0 atom stereocenters. The van der Waals surface area contributed by atoms with Crippen molar-refractivity contribution in [2.45, 2.75) is 65.2 Å². The number of fused-ring (bicyclic) bond motifs is 4. The van der Waals surface area contributed by atoms with Gasteiger partial charge in [-0.3, -0.25) is 4.98 Å². The molecule has 4 aromatic heterocycles. The van der Waals surface area contributed by atoms with Crippen molar-refractivity contribution in [2.75, 3.05) is 0 Å². The minimum Gasteiger partial charge on any atom is -0.501 e. The Morgan fingerprint density at radius 1 is 0.488 bits per heavy atom. The zero-order valence-electron chi connectivity index (χ0n) is 46.4. The van der Waals surface area contributed by atoms with Crippen LogP contribution in [0.5, 0.6) is 11.5 Å². The molecule has 0 saturated heterocycles. The summed E-state index contributed by atoms with van der Waals surface area (Å²) in [5.74, 6) is 3.25. The number of furan rings is 1. The summed E-state index contributed by atoms with van der Waals surface area (Å²) in [5, 5.41) is 2.18. The molecular weight excluding hydrogens is 1180 g/mol. The van der Waals surface area contributed by atoms with Crippen LogP contribution in [0.15, 0.2) is 241 Å². The number of ether oxygens (including phenoxy) is 1. The van der Waals surface area contributed by atoms with Crippen molar-refractivity contribution in [1.29, 1.82) is 0 Å². The molecule has 0 N–H and O–H groups in total. The van der Waals surface area contributed by atoms with Crippen LogP contribution in [0.4, 0.5) is 0 Å². The first-order chi connectivity index (χ1) is 39.8. The third-order valence-corrected chi connectivity index (χ3v) is 15.0. The fraction of sp³-hybridized carbons (Fsp3) is 0.133. The predicted octanol–water partition coefficient (Wildman–Crippen LogP) is 19.1. The molecule has 9 aromatic carbocycles. The first-order valence-electron chi connectivity index (χ1n) is 28.0. The van der Waals surface area contributed by atoms with Gasteiger partial charge < -0.3 is 23.7 Å². The van der Waals surface area contributed by atoms with Crippen LogP contribution < -0.4 is 4.74 Å². The van der Waals surface area contributed by atoms with E-state index in [1.807, 2.05) is 91.3 Å². The van der Waals surface area contributed by atoms with Gasteiger partial charge in [0.15, 0.2) is 0 Å². The van der Waals surface area contributed by atoms with Gasteiger partial charge in [-0.1, -0.05) is 159 Å². The van der Waals surface area contributed by atoms with E-state index < -0.39 is 0 Å². The Hall–Kier alpha value is -9.00. The summed E-state index contributed by atoms with van der Waals surface area (Å²) in [7, 11) is 0. The molecule has 13 aromatic rings. The van der Waals surface area contributed by atoms with Crippen LogP contribution in [0, 0.1) is 18.2 Å². The van der Waals surface area contributed by atoms with Crippen molar-refractivity contribution >= 4 is 33.0 Å². The molecule has 6 nitrogen and oxygen atoms in total. The van der Waals surface area contributed by atoms with Crippen LogP contribution >= 0.6 is 0 Å². The average Bonchev–Trinajstić information content (AvgIpc) is 4.16. The summed E-state index contributed by atoms with van der Waals surface area (Å²) >= 11 is 0. The van der Waals surface area contributed by atoms with Gasteiger partial charge in [-0.2, -0.15) is 0 Å². The van der Waals surface area contributed by atoms with Crippen molar-refractivity contribution in [3.8, 4) is 62.2 Å². The fourth-order valence-electron chi connectivity index (χ4n) is 10.9. The number of hydrogen-bond donors (Lipinski definition) is 0. The zero-order chi connectivity index (χ0) is 55.1. The normalized spacial score (nSPS) is 11.2. The van der Waals surface area contributed by atoms with E-state index in [4.69, 9.17) is 14.1 Å². The summed E-state index contributed by atoms with van der Waals surface area (Å²) in [5.41, 5.74) is 19.7. The topological polar surface area (TPSA) is 66.0 Å². The van der Waals surface area contributed by atoms with Crippen molar-refractivity contribution in [3.63, 3.8) is 0 Å². The maximum absolute atomic E-state index is 6.57. The SMILES string of the molecule is CC(C)c1cc(-c2ccccc2)cc(C(C)C)c1-n1c(-c2[c-]ccc3c2oc2ccccc23)nc2ccccc21.[Ir+3].[c-]1ccccc1-c1cc(CCc2ccccc2Oc2ccccc2CCc2cc[c-]c(-c3ccccn3)c2)ccn1. The van der Waals surface area contributed by atoms with E-state index in [-0.39, 0.29) is 20.1 Å². The van der Waals surface area contributed by atoms with Gasteiger partial charge in [-0.25, -0.2) is 0 Å². The minimum atomic E-state index is 0. The van der Waals surface area contributed by atoms with Gasteiger partial charge in [0, 0.05) is 23.5 Å². The monoisotopic (exact) mass is 1240 g/mol. The Bertz CT molecular complexity index is 4120. The van der Waals surface area contributed by atoms with Crippen molar-refractivity contribution in [3.05, 3.63) is 288 Å². The van der Waals surface area contributed by atoms with E-state index in [0.29, 0.717) is 11.8 Å². The molecule has 0 radical (unpaired) electrons. The number of pyridine rings is 2. The number of hydrogen-bond acceptors (Lipinski definition) is 5. The number of nitrogens with zero attached hydrogens (tertiary/aromatic N) is 4. The second kappa shape index (κ2) is 25.2. The maximum atomic E-state index is 6.57. The number of aromatic nitrogens is 4. The van der Waals surface area contributed by atoms with Gasteiger partial charge in [-0.15, -0.1) is 89.5 Å². The van der Waals surface area contributed by atoms with Gasteiger partial charge >= 0.3 is 20.1 Å². The zero-order valence-corrected chi connectivity index (χ0v) is 48.8. The summed E-state index contributed by atoms with van der Waals surface area (Å²) in [4.78, 5) is 14.3. The number of benzene rings is 9. The smallest absolute Gasteiger partial charge is 0.501 e. The van der Waals surface area contributed by atoms with E-state index >= 15 is 0 Å². The summed E-state index contributed by atoms with van der Waals surface area (Å²) in [6.45, 7) is 9.12. The molecule has 82 heavy (non-hydrogen) atoms. The van der Waals surface area contributed by atoms with E-state index in [0.717, 1.165) is 104 Å². The molecule has 0 saturated carbocycles. The Morgan fingerprint density at radius 2 is 1.12 bits per heavy atom. The molecule has 13 rings (SSSR count). The van der Waals surface area contributed by atoms with Crippen LogP contribution in [0.25, 0.3) is 83.7 Å². The Morgan fingerprint density at radius 3 is 1.84 bits per heavy atom. The third kappa shape index (κ3) is 11.9. The number of aryl methyl sites for hydroxylation is 4. The van der Waals surface area contributed by atoms with Crippen LogP contribution in [-0.4, -0.2) is 19.5 Å². The third-order valence-electron chi connectivity index (χ3n) is 15.0. The quantitative estimate of drug-likeness (QED) is 0.0957. The Balaban J connectivity index is 0.000000170. The van der Waals surface area contributed by atoms with Gasteiger partial charge in [-0.05, 0) is 137 Å². The molecule has 0 bridgehead atoms. The summed E-state index contributed by atoms with van der Waals surface area (Å²) < 4.78 is 15.4. The van der Waals surface area contributed by atoms with E-state index in [1.165, 1.54) is 50.2 Å². The molecule has 0 spiro atoms. The fourth-order valence-corrected chi connectivity index (χ4v) is 10.9. The molecule has 402 valence electrons. The average molecular weight is 1240 g/mol. The van der Waals surface area contributed by atoms with Gasteiger partial charge in [0.2, 0.25) is 0 Å². The summed E-state index contributed by atoms with van der Waals surface area (Å²) in [6.07, 6.45) is 7.25. The Labute approximate surface area is 494 Å². The second-order valence-electron chi connectivity index (χ2n) is 21.1. The molecule has 0 aliphatic carbocycles.